The van der Waals surface area contributed by atoms with Crippen LogP contribution in [0, 0.1) is 6.92 Å². The number of halogens is 2. The lowest BCUT2D eigenvalue weighted by Crippen LogP contribution is -2.03. The molecule has 0 spiro atoms. The van der Waals surface area contributed by atoms with Crippen LogP contribution in [0.5, 0.6) is 0 Å². The molecule has 2 rings (SSSR count). The Kier molecular flexibility index (Phi) is 5.30. The fraction of sp³-hybridized carbons (Fsp3) is 0.333. The molecule has 0 saturated heterocycles. The number of thioether (sulfide) groups is 1. The minimum Gasteiger partial charge on any atom is -0.237 e. The van der Waals surface area contributed by atoms with Crippen LogP contribution >= 0.6 is 35.0 Å². The molecule has 0 saturated carbocycles. The van der Waals surface area contributed by atoms with Gasteiger partial charge in [0.05, 0.1) is 10.8 Å². The van der Waals surface area contributed by atoms with E-state index < -0.39 is 0 Å². The molecule has 0 aliphatic heterocycles. The second-order valence-electron chi connectivity index (χ2n) is 4.80. The Morgan fingerprint density at radius 1 is 1.15 bits per heavy atom. The second kappa shape index (κ2) is 6.79. The molecular formula is C15H16Cl2N2S. The Balaban J connectivity index is 2.17. The zero-order chi connectivity index (χ0) is 14.7. The number of aryl methyl sites for hydroxylation is 1. The third-order valence-corrected chi connectivity index (χ3v) is 4.71. The summed E-state index contributed by atoms with van der Waals surface area (Å²) in [6, 6.07) is 7.76. The molecule has 20 heavy (non-hydrogen) atoms. The maximum atomic E-state index is 6.26. The van der Waals surface area contributed by atoms with Crippen molar-refractivity contribution in [3.8, 4) is 0 Å². The van der Waals surface area contributed by atoms with Crippen LogP contribution in [0.3, 0.4) is 0 Å². The number of hydrogen-bond donors (Lipinski definition) is 0. The van der Waals surface area contributed by atoms with Gasteiger partial charge in [-0.2, -0.15) is 0 Å². The SMILES string of the molecule is Cc1nc(CSc2ccccc2Cl)nc(Cl)c1C(C)C. The Morgan fingerprint density at radius 2 is 1.85 bits per heavy atom. The first-order valence-electron chi connectivity index (χ1n) is 6.39. The van der Waals surface area contributed by atoms with E-state index in [-0.39, 0.29) is 0 Å². The molecule has 0 radical (unpaired) electrons. The van der Waals surface area contributed by atoms with Gasteiger partial charge in [-0.1, -0.05) is 49.2 Å². The largest absolute Gasteiger partial charge is 0.237 e. The Labute approximate surface area is 133 Å². The van der Waals surface area contributed by atoms with Crippen LogP contribution in [-0.4, -0.2) is 9.97 Å². The van der Waals surface area contributed by atoms with Gasteiger partial charge >= 0.3 is 0 Å². The molecule has 0 amide bonds. The van der Waals surface area contributed by atoms with Gasteiger partial charge in [-0.05, 0) is 25.0 Å². The van der Waals surface area contributed by atoms with E-state index in [2.05, 4.69) is 23.8 Å². The summed E-state index contributed by atoms with van der Waals surface area (Å²) in [6.07, 6.45) is 0. The van der Waals surface area contributed by atoms with Gasteiger partial charge in [0, 0.05) is 16.2 Å². The highest BCUT2D eigenvalue weighted by molar-refractivity contribution is 7.98. The van der Waals surface area contributed by atoms with Gasteiger partial charge in [0.25, 0.3) is 0 Å². The van der Waals surface area contributed by atoms with Crippen LogP contribution in [0.15, 0.2) is 29.2 Å². The fourth-order valence-corrected chi connectivity index (χ4v) is 3.57. The van der Waals surface area contributed by atoms with E-state index in [0.717, 1.165) is 27.0 Å². The van der Waals surface area contributed by atoms with Crippen LogP contribution in [0.4, 0.5) is 0 Å². The van der Waals surface area contributed by atoms with Crippen LogP contribution in [-0.2, 0) is 5.75 Å². The summed E-state index contributed by atoms with van der Waals surface area (Å²) in [7, 11) is 0. The van der Waals surface area contributed by atoms with Crippen molar-refractivity contribution in [1.29, 1.82) is 0 Å². The fourth-order valence-electron chi connectivity index (χ4n) is 2.03. The molecular weight excluding hydrogens is 311 g/mol. The van der Waals surface area contributed by atoms with E-state index in [1.54, 1.807) is 11.8 Å². The van der Waals surface area contributed by atoms with Crippen molar-refractivity contribution >= 4 is 35.0 Å². The van der Waals surface area contributed by atoms with Crippen LogP contribution < -0.4 is 0 Å². The zero-order valence-corrected chi connectivity index (χ0v) is 14.0. The van der Waals surface area contributed by atoms with E-state index in [9.17, 15) is 0 Å². The number of nitrogens with zero attached hydrogens (tertiary/aromatic N) is 2. The lowest BCUT2D eigenvalue weighted by Gasteiger charge is -2.12. The Morgan fingerprint density at radius 3 is 2.45 bits per heavy atom. The highest BCUT2D eigenvalue weighted by Crippen LogP contribution is 2.30. The molecule has 0 bridgehead atoms. The molecule has 1 aromatic heterocycles. The van der Waals surface area contributed by atoms with Gasteiger partial charge < -0.3 is 0 Å². The van der Waals surface area contributed by atoms with Crippen molar-refractivity contribution in [1.82, 2.24) is 9.97 Å². The predicted molar refractivity (Wildman–Crippen MR) is 86.9 cm³/mol. The normalized spacial score (nSPS) is 11.1. The minimum atomic E-state index is 0.327. The molecule has 0 fully saturated rings. The first-order chi connectivity index (χ1) is 9.49. The van der Waals surface area contributed by atoms with Gasteiger partial charge in [0.2, 0.25) is 0 Å². The van der Waals surface area contributed by atoms with E-state index in [0.29, 0.717) is 16.8 Å². The van der Waals surface area contributed by atoms with Crippen molar-refractivity contribution in [2.75, 3.05) is 0 Å². The maximum absolute atomic E-state index is 6.26. The smallest absolute Gasteiger partial charge is 0.140 e. The molecule has 1 aromatic carbocycles. The molecule has 0 aliphatic rings. The molecule has 106 valence electrons. The molecule has 1 heterocycles. The van der Waals surface area contributed by atoms with Gasteiger partial charge in [-0.25, -0.2) is 9.97 Å². The zero-order valence-electron chi connectivity index (χ0n) is 11.7. The average molecular weight is 327 g/mol. The summed E-state index contributed by atoms with van der Waals surface area (Å²) in [5.41, 5.74) is 1.98. The first-order valence-corrected chi connectivity index (χ1v) is 8.13. The maximum Gasteiger partial charge on any atom is 0.140 e. The average Bonchev–Trinajstić information content (AvgIpc) is 2.36. The number of hydrogen-bond acceptors (Lipinski definition) is 3. The van der Waals surface area contributed by atoms with E-state index in [1.165, 1.54) is 0 Å². The second-order valence-corrected chi connectivity index (χ2v) is 6.59. The van der Waals surface area contributed by atoms with Crippen molar-refractivity contribution < 1.29 is 0 Å². The van der Waals surface area contributed by atoms with Gasteiger partial charge in [-0.3, -0.25) is 0 Å². The number of benzene rings is 1. The molecule has 0 N–H and O–H groups in total. The van der Waals surface area contributed by atoms with Gasteiger partial charge in [0.15, 0.2) is 0 Å². The third kappa shape index (κ3) is 3.66. The van der Waals surface area contributed by atoms with Crippen LogP contribution in [0.2, 0.25) is 10.2 Å². The summed E-state index contributed by atoms with van der Waals surface area (Å²) in [5.74, 6) is 1.72. The first kappa shape index (κ1) is 15.6. The standard InChI is InChI=1S/C15H16Cl2N2S/c1-9(2)14-10(3)18-13(19-15(14)17)8-20-12-7-5-4-6-11(12)16/h4-7,9H,8H2,1-3H3. The van der Waals surface area contributed by atoms with E-state index in [1.807, 2.05) is 31.2 Å². The number of rotatable bonds is 4. The lowest BCUT2D eigenvalue weighted by molar-refractivity contribution is 0.817. The summed E-state index contributed by atoms with van der Waals surface area (Å²) >= 11 is 14.0. The third-order valence-electron chi connectivity index (χ3n) is 2.91. The lowest BCUT2D eigenvalue weighted by atomic mass is 10.0. The molecule has 2 nitrogen and oxygen atoms in total. The highest BCUT2D eigenvalue weighted by Gasteiger charge is 2.13. The van der Waals surface area contributed by atoms with Gasteiger partial charge in [0.1, 0.15) is 11.0 Å². The monoisotopic (exact) mass is 326 g/mol. The van der Waals surface area contributed by atoms with Crippen LogP contribution in [0.1, 0.15) is 36.8 Å². The summed E-state index contributed by atoms with van der Waals surface area (Å²) < 4.78 is 0. The Hall–Kier alpha value is -0.770. The molecule has 0 aliphatic carbocycles. The molecule has 0 atom stereocenters. The van der Waals surface area contributed by atoms with Crippen molar-refractivity contribution in [2.24, 2.45) is 0 Å². The summed E-state index contributed by atoms with van der Waals surface area (Å²) in [6.45, 7) is 6.16. The predicted octanol–water partition coefficient (Wildman–Crippen LogP) is 5.51. The Bertz CT molecular complexity index is 592. The minimum absolute atomic E-state index is 0.327. The molecule has 5 heteroatoms. The van der Waals surface area contributed by atoms with E-state index in [4.69, 9.17) is 23.2 Å². The topological polar surface area (TPSA) is 25.8 Å². The van der Waals surface area contributed by atoms with E-state index >= 15 is 0 Å². The molecule has 0 unspecified atom stereocenters. The summed E-state index contributed by atoms with van der Waals surface area (Å²) in [5, 5.41) is 1.31. The van der Waals surface area contributed by atoms with Gasteiger partial charge in [-0.15, -0.1) is 11.8 Å². The number of aromatic nitrogens is 2. The van der Waals surface area contributed by atoms with Crippen molar-refractivity contribution in [3.05, 3.63) is 51.5 Å². The van der Waals surface area contributed by atoms with Crippen molar-refractivity contribution in [3.63, 3.8) is 0 Å². The highest BCUT2D eigenvalue weighted by atomic mass is 35.5. The molecule has 2 aromatic rings. The summed E-state index contributed by atoms with van der Waals surface area (Å²) in [4.78, 5) is 9.96. The van der Waals surface area contributed by atoms with Crippen molar-refractivity contribution in [2.45, 2.75) is 37.3 Å². The quantitative estimate of drug-likeness (QED) is 0.547. The van der Waals surface area contributed by atoms with Crippen LogP contribution in [0.25, 0.3) is 0 Å².